The third kappa shape index (κ3) is 1.93. The van der Waals surface area contributed by atoms with Crippen LogP contribution in [0.4, 0.5) is 5.69 Å². The van der Waals surface area contributed by atoms with Crippen LogP contribution < -0.4 is 4.90 Å². The van der Waals surface area contributed by atoms with Crippen LogP contribution in [-0.4, -0.2) is 17.0 Å². The molecule has 1 heterocycles. The number of carboxylic acid groups (broad SMARTS) is 1. The molecule has 1 aliphatic heterocycles. The average Bonchev–Trinajstić information content (AvgIpc) is 2.56. The molecule has 0 saturated heterocycles. The van der Waals surface area contributed by atoms with Crippen molar-refractivity contribution in [1.29, 1.82) is 0 Å². The predicted molar refractivity (Wildman–Crippen MR) is 63.6 cm³/mol. The molecule has 0 unspecified atom stereocenters. The minimum atomic E-state index is -1.02. The van der Waals surface area contributed by atoms with E-state index in [9.17, 15) is 9.59 Å². The van der Waals surface area contributed by atoms with Gasteiger partial charge in [-0.05, 0) is 26.0 Å². The summed E-state index contributed by atoms with van der Waals surface area (Å²) in [7, 11) is 0. The van der Waals surface area contributed by atoms with Crippen LogP contribution in [0.3, 0.4) is 0 Å². The first kappa shape index (κ1) is 11.4. The number of anilines is 1. The lowest BCUT2D eigenvalue weighted by Gasteiger charge is -2.18. The summed E-state index contributed by atoms with van der Waals surface area (Å²) < 4.78 is 0. The third-order valence-electron chi connectivity index (χ3n) is 2.90. The number of amides is 1. The van der Waals surface area contributed by atoms with Gasteiger partial charge in [-0.15, -0.1) is 0 Å². The Morgan fingerprint density at radius 2 is 1.82 bits per heavy atom. The van der Waals surface area contributed by atoms with Gasteiger partial charge in [0.05, 0.1) is 12.0 Å². The number of nitrogens with zero attached hydrogens (tertiary/aromatic N) is 1. The molecule has 1 aromatic rings. The Morgan fingerprint density at radius 1 is 1.24 bits per heavy atom. The van der Waals surface area contributed by atoms with Crippen LogP contribution in [0.15, 0.2) is 35.5 Å². The first-order valence-electron chi connectivity index (χ1n) is 5.33. The van der Waals surface area contributed by atoms with Crippen molar-refractivity contribution in [2.75, 3.05) is 4.90 Å². The molecule has 0 saturated carbocycles. The molecular formula is C13H13NO3. The molecule has 88 valence electrons. The predicted octanol–water partition coefficient (Wildman–Crippen LogP) is 2.09. The maximum absolute atomic E-state index is 11.8. The Labute approximate surface area is 99.2 Å². The van der Waals surface area contributed by atoms with E-state index < -0.39 is 5.97 Å². The van der Waals surface area contributed by atoms with Gasteiger partial charge in [-0.3, -0.25) is 9.69 Å². The second-order valence-electron chi connectivity index (χ2n) is 4.11. The molecule has 0 aliphatic carbocycles. The van der Waals surface area contributed by atoms with Crippen LogP contribution >= 0.6 is 0 Å². The molecule has 1 aromatic carbocycles. The van der Waals surface area contributed by atoms with Crippen LogP contribution in [-0.2, 0) is 9.59 Å². The van der Waals surface area contributed by atoms with Crippen molar-refractivity contribution < 1.29 is 14.7 Å². The molecule has 1 N–H and O–H groups in total. The van der Waals surface area contributed by atoms with Crippen LogP contribution in [0.25, 0.3) is 0 Å². The minimum absolute atomic E-state index is 0.0327. The summed E-state index contributed by atoms with van der Waals surface area (Å²) in [6.07, 6.45) is -0.0327. The van der Waals surface area contributed by atoms with Gasteiger partial charge in [-0.1, -0.05) is 17.7 Å². The van der Waals surface area contributed by atoms with Crippen molar-refractivity contribution in [2.45, 2.75) is 20.3 Å². The van der Waals surface area contributed by atoms with Gasteiger partial charge in [0.25, 0.3) is 0 Å². The number of aryl methyl sites for hydroxylation is 1. The summed E-state index contributed by atoms with van der Waals surface area (Å²) in [4.78, 5) is 24.2. The Balaban J connectivity index is 2.42. The molecule has 0 radical (unpaired) electrons. The van der Waals surface area contributed by atoms with Crippen LogP contribution in [0.1, 0.15) is 18.9 Å². The number of benzene rings is 1. The smallest absolute Gasteiger partial charge is 0.333 e. The highest BCUT2D eigenvalue weighted by atomic mass is 16.4. The van der Waals surface area contributed by atoms with Crippen LogP contribution in [0, 0.1) is 6.92 Å². The number of carbonyl (C=O) groups is 2. The first-order chi connectivity index (χ1) is 8.00. The van der Waals surface area contributed by atoms with Gasteiger partial charge in [-0.2, -0.15) is 0 Å². The SMILES string of the molecule is CC1=C(C(=O)O)CC(=O)N1c1ccc(C)cc1. The lowest BCUT2D eigenvalue weighted by Crippen LogP contribution is -2.23. The summed E-state index contributed by atoms with van der Waals surface area (Å²) in [5.74, 6) is -1.21. The number of hydrogen-bond donors (Lipinski definition) is 1. The summed E-state index contributed by atoms with van der Waals surface area (Å²) in [6.45, 7) is 3.62. The quantitative estimate of drug-likeness (QED) is 0.847. The molecule has 17 heavy (non-hydrogen) atoms. The second kappa shape index (κ2) is 4.05. The summed E-state index contributed by atoms with van der Waals surface area (Å²) in [5.41, 5.74) is 2.50. The number of hydrogen-bond acceptors (Lipinski definition) is 2. The average molecular weight is 231 g/mol. The van der Waals surface area contributed by atoms with Crippen molar-refractivity contribution in [3.05, 3.63) is 41.1 Å². The lowest BCUT2D eigenvalue weighted by atomic mass is 10.2. The molecule has 4 nitrogen and oxygen atoms in total. The molecule has 0 fully saturated rings. The minimum Gasteiger partial charge on any atom is -0.478 e. The van der Waals surface area contributed by atoms with Gasteiger partial charge >= 0.3 is 5.97 Å². The zero-order chi connectivity index (χ0) is 12.6. The number of rotatable bonds is 2. The zero-order valence-corrected chi connectivity index (χ0v) is 9.73. The van der Waals surface area contributed by atoms with Crippen molar-refractivity contribution in [2.24, 2.45) is 0 Å². The van der Waals surface area contributed by atoms with E-state index in [1.165, 1.54) is 4.90 Å². The molecule has 0 bridgehead atoms. The maximum atomic E-state index is 11.8. The Bertz CT molecular complexity index is 514. The largest absolute Gasteiger partial charge is 0.478 e. The maximum Gasteiger partial charge on any atom is 0.333 e. The molecule has 4 heteroatoms. The van der Waals surface area contributed by atoms with Gasteiger partial charge in [0, 0.05) is 11.4 Å². The molecule has 0 aromatic heterocycles. The second-order valence-corrected chi connectivity index (χ2v) is 4.11. The highest BCUT2D eigenvalue weighted by Crippen LogP contribution is 2.30. The fourth-order valence-electron chi connectivity index (χ4n) is 1.94. The van der Waals surface area contributed by atoms with E-state index in [0.717, 1.165) is 5.56 Å². The van der Waals surface area contributed by atoms with Crippen molar-refractivity contribution in [3.8, 4) is 0 Å². The van der Waals surface area contributed by atoms with E-state index in [4.69, 9.17) is 5.11 Å². The molecular weight excluding hydrogens is 218 g/mol. The van der Waals surface area contributed by atoms with Gasteiger partial charge < -0.3 is 5.11 Å². The van der Waals surface area contributed by atoms with E-state index in [2.05, 4.69) is 0 Å². The Kier molecular flexibility index (Phi) is 2.71. The van der Waals surface area contributed by atoms with E-state index in [1.54, 1.807) is 6.92 Å². The monoisotopic (exact) mass is 231 g/mol. The van der Waals surface area contributed by atoms with E-state index in [-0.39, 0.29) is 17.9 Å². The molecule has 0 atom stereocenters. The highest BCUT2D eigenvalue weighted by molar-refractivity contribution is 6.08. The summed E-state index contributed by atoms with van der Waals surface area (Å²) in [5, 5.41) is 8.97. The van der Waals surface area contributed by atoms with Gasteiger partial charge in [-0.25, -0.2) is 4.79 Å². The van der Waals surface area contributed by atoms with Gasteiger partial charge in [0.2, 0.25) is 5.91 Å². The standard InChI is InChI=1S/C13H13NO3/c1-8-3-5-10(6-4-8)14-9(2)11(13(16)17)7-12(14)15/h3-6H,7H2,1-2H3,(H,16,17). The molecule has 2 rings (SSSR count). The van der Waals surface area contributed by atoms with Crippen molar-refractivity contribution in [3.63, 3.8) is 0 Å². The Morgan fingerprint density at radius 3 is 2.29 bits per heavy atom. The molecule has 1 amide bonds. The zero-order valence-electron chi connectivity index (χ0n) is 9.73. The molecule has 1 aliphatic rings. The summed E-state index contributed by atoms with van der Waals surface area (Å²) >= 11 is 0. The van der Waals surface area contributed by atoms with Crippen molar-refractivity contribution in [1.82, 2.24) is 0 Å². The van der Waals surface area contributed by atoms with Crippen molar-refractivity contribution >= 4 is 17.6 Å². The fourth-order valence-corrected chi connectivity index (χ4v) is 1.94. The first-order valence-corrected chi connectivity index (χ1v) is 5.33. The number of carboxylic acids is 1. The highest BCUT2D eigenvalue weighted by Gasteiger charge is 2.31. The summed E-state index contributed by atoms with van der Waals surface area (Å²) in [6, 6.07) is 7.44. The van der Waals surface area contributed by atoms with Gasteiger partial charge in [0.1, 0.15) is 0 Å². The van der Waals surface area contributed by atoms with E-state index in [1.807, 2.05) is 31.2 Å². The third-order valence-corrected chi connectivity index (χ3v) is 2.90. The van der Waals surface area contributed by atoms with E-state index >= 15 is 0 Å². The topological polar surface area (TPSA) is 57.6 Å². The van der Waals surface area contributed by atoms with Gasteiger partial charge in [0.15, 0.2) is 0 Å². The lowest BCUT2D eigenvalue weighted by molar-refractivity contribution is -0.133. The van der Waals surface area contributed by atoms with E-state index in [0.29, 0.717) is 11.4 Å². The Hall–Kier alpha value is -2.10. The number of allylic oxidation sites excluding steroid dienone is 1. The van der Waals surface area contributed by atoms with Crippen LogP contribution in [0.5, 0.6) is 0 Å². The normalized spacial score (nSPS) is 15.6. The number of carbonyl (C=O) groups excluding carboxylic acids is 1. The number of aliphatic carboxylic acids is 1. The fraction of sp³-hybridized carbons (Fsp3) is 0.231. The van der Waals surface area contributed by atoms with Crippen LogP contribution in [0.2, 0.25) is 0 Å². The molecule has 0 spiro atoms.